The minimum absolute atomic E-state index is 0.0225. The van der Waals surface area contributed by atoms with E-state index in [4.69, 9.17) is 11.3 Å². The number of ether oxygens (including phenoxy) is 1. The third kappa shape index (κ3) is 5.12. The molecule has 3 aromatic rings. The van der Waals surface area contributed by atoms with Crippen molar-refractivity contribution in [2.24, 2.45) is 0 Å². The van der Waals surface area contributed by atoms with Crippen LogP contribution in [0.5, 0.6) is 5.75 Å². The van der Waals surface area contributed by atoms with Crippen molar-refractivity contribution in [1.82, 2.24) is 19.9 Å². The lowest BCUT2D eigenvalue weighted by atomic mass is 9.89. The first-order chi connectivity index (χ1) is 17.8. The van der Waals surface area contributed by atoms with E-state index in [-0.39, 0.29) is 23.9 Å². The smallest absolute Gasteiger partial charge is 0.273 e. The third-order valence-corrected chi connectivity index (χ3v) is 7.17. The molecule has 2 aromatic heterocycles. The Morgan fingerprint density at radius 3 is 2.62 bits per heavy atom. The van der Waals surface area contributed by atoms with Crippen LogP contribution in [0.4, 0.5) is 20.3 Å². The van der Waals surface area contributed by atoms with E-state index in [9.17, 15) is 8.78 Å². The highest BCUT2D eigenvalue weighted by Crippen LogP contribution is 2.39. The summed E-state index contributed by atoms with van der Waals surface area (Å²) < 4.78 is 35.4. The van der Waals surface area contributed by atoms with Gasteiger partial charge in [-0.05, 0) is 76.5 Å². The molecule has 0 unspecified atom stereocenters. The molecule has 0 spiro atoms. The normalized spacial score (nSPS) is 16.4. The number of pyridine rings is 1. The van der Waals surface area contributed by atoms with Crippen molar-refractivity contribution in [1.29, 1.82) is 0 Å². The van der Waals surface area contributed by atoms with Crippen molar-refractivity contribution < 1.29 is 13.5 Å². The Balaban J connectivity index is 1.44. The van der Waals surface area contributed by atoms with Crippen LogP contribution in [0, 0.1) is 18.2 Å². The van der Waals surface area contributed by atoms with Gasteiger partial charge in [-0.2, -0.15) is 0 Å². The third-order valence-electron chi connectivity index (χ3n) is 7.17. The standard InChI is InChI=1S/C28H30F2N6O/c1-17(2)36-11-12-37-27-22(29)13-19(14-24(27)36)26-23(30)16-32-25(34-26)15-20-5-6-21(28(31-3)33-20)18-7-9-35(4)10-8-18/h5-6,13-14,16-18H,7-12,15H2,1-2,4H3. The molecule has 1 saturated heterocycles. The Morgan fingerprint density at radius 2 is 1.89 bits per heavy atom. The fourth-order valence-electron chi connectivity index (χ4n) is 5.15. The molecule has 0 radical (unpaired) electrons. The van der Waals surface area contributed by atoms with Gasteiger partial charge in [0, 0.05) is 11.6 Å². The van der Waals surface area contributed by atoms with E-state index < -0.39 is 11.6 Å². The summed E-state index contributed by atoms with van der Waals surface area (Å²) in [4.78, 5) is 21.2. The lowest BCUT2D eigenvalue weighted by Crippen LogP contribution is -2.38. The van der Waals surface area contributed by atoms with Crippen LogP contribution < -0.4 is 9.64 Å². The number of nitrogens with zero attached hydrogens (tertiary/aromatic N) is 6. The molecule has 0 atom stereocenters. The van der Waals surface area contributed by atoms with Gasteiger partial charge in [0.1, 0.15) is 23.8 Å². The van der Waals surface area contributed by atoms with Crippen LogP contribution in [0.3, 0.4) is 0 Å². The van der Waals surface area contributed by atoms with Crippen molar-refractivity contribution in [3.8, 4) is 17.0 Å². The molecule has 9 heteroatoms. The highest BCUT2D eigenvalue weighted by Gasteiger charge is 2.26. The molecule has 1 fully saturated rings. The molecular formula is C28H30F2N6O. The fourth-order valence-corrected chi connectivity index (χ4v) is 5.15. The largest absolute Gasteiger partial charge is 0.486 e. The van der Waals surface area contributed by atoms with Gasteiger partial charge in [0.2, 0.25) is 0 Å². The van der Waals surface area contributed by atoms with Crippen LogP contribution in [0.1, 0.15) is 49.7 Å². The molecule has 192 valence electrons. The number of halogens is 2. The zero-order valence-electron chi connectivity index (χ0n) is 21.3. The number of hydrogen-bond donors (Lipinski definition) is 0. The molecule has 4 heterocycles. The van der Waals surface area contributed by atoms with Gasteiger partial charge in [0.15, 0.2) is 17.4 Å². The van der Waals surface area contributed by atoms with Crippen molar-refractivity contribution in [2.45, 2.75) is 45.1 Å². The molecule has 37 heavy (non-hydrogen) atoms. The first-order valence-corrected chi connectivity index (χ1v) is 12.6. The SMILES string of the molecule is [C-]#[N+]c1nc(Cc2ncc(F)c(-c3cc(F)c4c(c3)N(C(C)C)CCO4)n2)ccc1C1CCN(C)CC1. The molecule has 0 bridgehead atoms. The molecular weight excluding hydrogens is 474 g/mol. The Morgan fingerprint density at radius 1 is 1.11 bits per heavy atom. The summed E-state index contributed by atoms with van der Waals surface area (Å²) in [5, 5.41) is 0. The van der Waals surface area contributed by atoms with E-state index in [1.807, 2.05) is 30.9 Å². The number of piperidine rings is 1. The number of likely N-dealkylation sites (tertiary alicyclic amines) is 1. The summed E-state index contributed by atoms with van der Waals surface area (Å²) in [5.41, 5.74) is 2.55. The monoisotopic (exact) mass is 504 g/mol. The predicted octanol–water partition coefficient (Wildman–Crippen LogP) is 5.37. The van der Waals surface area contributed by atoms with Crippen LogP contribution in [-0.4, -0.2) is 59.2 Å². The summed E-state index contributed by atoms with van der Waals surface area (Å²) in [6, 6.07) is 6.98. The van der Waals surface area contributed by atoms with Gasteiger partial charge < -0.3 is 19.4 Å². The second-order valence-corrected chi connectivity index (χ2v) is 10.0. The molecule has 0 N–H and O–H groups in total. The summed E-state index contributed by atoms with van der Waals surface area (Å²) in [5.74, 6) is 0.0679. The Bertz CT molecular complexity index is 1350. The lowest BCUT2D eigenvalue weighted by Gasteiger charge is -2.34. The maximum atomic E-state index is 15.0. The Labute approximate surface area is 216 Å². The van der Waals surface area contributed by atoms with Gasteiger partial charge in [-0.3, -0.25) is 0 Å². The number of anilines is 1. The lowest BCUT2D eigenvalue weighted by molar-refractivity contribution is 0.255. The van der Waals surface area contributed by atoms with Gasteiger partial charge >= 0.3 is 0 Å². The highest BCUT2D eigenvalue weighted by atomic mass is 19.1. The van der Waals surface area contributed by atoms with Gasteiger partial charge in [-0.1, -0.05) is 12.6 Å². The van der Waals surface area contributed by atoms with E-state index in [2.05, 4.69) is 31.7 Å². The quantitative estimate of drug-likeness (QED) is 0.435. The molecule has 0 saturated carbocycles. The molecule has 1 aromatic carbocycles. The topological polar surface area (TPSA) is 58.7 Å². The van der Waals surface area contributed by atoms with E-state index in [0.717, 1.165) is 37.7 Å². The summed E-state index contributed by atoms with van der Waals surface area (Å²) >= 11 is 0. The number of fused-ring (bicyclic) bond motifs is 1. The summed E-state index contributed by atoms with van der Waals surface area (Å²) in [6.07, 6.45) is 3.34. The van der Waals surface area contributed by atoms with Crippen molar-refractivity contribution in [3.63, 3.8) is 0 Å². The summed E-state index contributed by atoms with van der Waals surface area (Å²) in [6.45, 7) is 14.7. The number of rotatable bonds is 5. The zero-order chi connectivity index (χ0) is 26.1. The van der Waals surface area contributed by atoms with E-state index in [1.165, 1.54) is 6.07 Å². The van der Waals surface area contributed by atoms with Crippen molar-refractivity contribution in [2.75, 3.05) is 38.2 Å². The summed E-state index contributed by atoms with van der Waals surface area (Å²) in [7, 11) is 2.11. The Hall–Kier alpha value is -3.64. The van der Waals surface area contributed by atoms with Gasteiger partial charge in [-0.25, -0.2) is 18.7 Å². The van der Waals surface area contributed by atoms with Gasteiger partial charge in [0.05, 0.1) is 24.8 Å². The second-order valence-electron chi connectivity index (χ2n) is 10.0. The molecule has 0 amide bonds. The highest BCUT2D eigenvalue weighted by molar-refractivity contribution is 5.72. The minimum atomic E-state index is -0.636. The minimum Gasteiger partial charge on any atom is -0.486 e. The maximum Gasteiger partial charge on any atom is 0.273 e. The average molecular weight is 505 g/mol. The molecule has 0 aliphatic carbocycles. The van der Waals surface area contributed by atoms with E-state index in [1.54, 1.807) is 6.07 Å². The van der Waals surface area contributed by atoms with Gasteiger partial charge in [0.25, 0.3) is 5.82 Å². The van der Waals surface area contributed by atoms with E-state index >= 15 is 0 Å². The van der Waals surface area contributed by atoms with Crippen molar-refractivity contribution in [3.05, 3.63) is 70.6 Å². The van der Waals surface area contributed by atoms with Crippen molar-refractivity contribution >= 4 is 11.5 Å². The molecule has 2 aliphatic rings. The number of hydrogen-bond acceptors (Lipinski definition) is 6. The molecule has 7 nitrogen and oxygen atoms in total. The number of benzene rings is 1. The fraction of sp³-hybridized carbons (Fsp3) is 0.429. The second kappa shape index (κ2) is 10.4. The molecule has 2 aliphatic heterocycles. The first kappa shape index (κ1) is 25.0. The molecule has 5 rings (SSSR count). The van der Waals surface area contributed by atoms with Crippen LogP contribution in [0.2, 0.25) is 0 Å². The first-order valence-electron chi connectivity index (χ1n) is 12.6. The van der Waals surface area contributed by atoms with Crippen LogP contribution in [0.15, 0.2) is 30.5 Å². The van der Waals surface area contributed by atoms with Crippen LogP contribution in [0.25, 0.3) is 16.1 Å². The number of aromatic nitrogens is 3. The van der Waals surface area contributed by atoms with Crippen LogP contribution in [-0.2, 0) is 6.42 Å². The zero-order valence-corrected chi connectivity index (χ0v) is 21.3. The Kier molecular flexibility index (Phi) is 7.02. The van der Waals surface area contributed by atoms with Crippen LogP contribution >= 0.6 is 0 Å². The predicted molar refractivity (Wildman–Crippen MR) is 138 cm³/mol. The van der Waals surface area contributed by atoms with E-state index in [0.29, 0.717) is 47.7 Å². The van der Waals surface area contributed by atoms with Gasteiger partial charge in [-0.15, -0.1) is 4.98 Å². The maximum absolute atomic E-state index is 15.0. The average Bonchev–Trinajstić information content (AvgIpc) is 2.90.